The van der Waals surface area contributed by atoms with Crippen molar-refractivity contribution in [3.63, 3.8) is 0 Å². The van der Waals surface area contributed by atoms with Crippen molar-refractivity contribution in [3.8, 4) is 0 Å². The van der Waals surface area contributed by atoms with Gasteiger partial charge in [-0.3, -0.25) is 0 Å². The Morgan fingerprint density at radius 3 is 2.68 bits per heavy atom. The lowest BCUT2D eigenvalue weighted by atomic mass is 10.2. The molecule has 0 saturated carbocycles. The summed E-state index contributed by atoms with van der Waals surface area (Å²) in [6.45, 7) is 1.75. The third-order valence-electron chi connectivity index (χ3n) is 4.23. The Hall–Kier alpha value is -0.690. The monoisotopic (exact) mass is 400 g/mol. The first kappa shape index (κ1) is 16.2. The van der Waals surface area contributed by atoms with Crippen LogP contribution in [0, 0.1) is 0 Å². The first-order valence-corrected chi connectivity index (χ1v) is 10.7. The van der Waals surface area contributed by atoms with Gasteiger partial charge in [0.25, 0.3) is 0 Å². The molecule has 0 amide bonds. The van der Waals surface area contributed by atoms with Gasteiger partial charge in [-0.2, -0.15) is 0 Å². The molecule has 1 aliphatic heterocycles. The average Bonchev–Trinajstić information content (AvgIpc) is 3.16. The number of hydrogen-bond donors (Lipinski definition) is 1. The Balaban J connectivity index is 1.67. The Morgan fingerprint density at radius 2 is 2.00 bits per heavy atom. The van der Waals surface area contributed by atoms with Crippen LogP contribution in [-0.2, 0) is 9.84 Å². The van der Waals surface area contributed by atoms with Gasteiger partial charge in [0.15, 0.2) is 9.84 Å². The SMILES string of the molecule is O=S(=O)(CC[NH+]1CCC[C@H]1c1cccs1)c1ccc(Br)cc1. The van der Waals surface area contributed by atoms with E-state index >= 15 is 0 Å². The normalized spacial score (nSPS) is 22.0. The zero-order valence-corrected chi connectivity index (χ0v) is 15.4. The van der Waals surface area contributed by atoms with Gasteiger partial charge >= 0.3 is 0 Å². The zero-order chi connectivity index (χ0) is 15.6. The number of nitrogens with one attached hydrogen (secondary N) is 1. The van der Waals surface area contributed by atoms with Crippen LogP contribution in [0.15, 0.2) is 51.1 Å². The standard InChI is InChI=1S/C16H18BrNO2S2/c17-13-5-7-14(8-6-13)22(19,20)12-10-18-9-1-3-15(18)16-4-2-11-21-16/h2,4-8,11,15H,1,3,9-10,12H2/p+1/t15-/m0/s1. The minimum Gasteiger partial charge on any atom is -0.327 e. The molecule has 1 unspecified atom stereocenters. The molecule has 3 rings (SSSR count). The van der Waals surface area contributed by atoms with Gasteiger partial charge in [-0.05, 0) is 35.7 Å². The van der Waals surface area contributed by atoms with E-state index in [9.17, 15) is 8.42 Å². The highest BCUT2D eigenvalue weighted by atomic mass is 79.9. The number of halogens is 1. The fraction of sp³-hybridized carbons (Fsp3) is 0.375. The second kappa shape index (κ2) is 6.83. The smallest absolute Gasteiger partial charge is 0.183 e. The zero-order valence-electron chi connectivity index (χ0n) is 12.2. The number of hydrogen-bond acceptors (Lipinski definition) is 3. The second-order valence-electron chi connectivity index (χ2n) is 5.64. The highest BCUT2D eigenvalue weighted by molar-refractivity contribution is 9.10. The number of likely N-dealkylation sites (tertiary alicyclic amines) is 1. The van der Waals surface area contributed by atoms with Gasteiger partial charge in [-0.25, -0.2) is 8.42 Å². The van der Waals surface area contributed by atoms with E-state index < -0.39 is 9.84 Å². The number of sulfone groups is 1. The van der Waals surface area contributed by atoms with Crippen molar-refractivity contribution in [1.29, 1.82) is 0 Å². The molecular formula is C16H19BrNO2S2+. The van der Waals surface area contributed by atoms with E-state index in [4.69, 9.17) is 0 Å². The number of quaternary nitrogens is 1. The second-order valence-corrected chi connectivity index (χ2v) is 9.65. The summed E-state index contributed by atoms with van der Waals surface area (Å²) >= 11 is 5.12. The van der Waals surface area contributed by atoms with Crippen molar-refractivity contribution in [2.75, 3.05) is 18.8 Å². The number of thiophene rings is 1. The minimum atomic E-state index is -3.20. The molecule has 1 aliphatic rings. The maximum atomic E-state index is 12.5. The Kier molecular flexibility index (Phi) is 5.02. The van der Waals surface area contributed by atoms with Crippen molar-refractivity contribution in [3.05, 3.63) is 51.1 Å². The fourth-order valence-electron chi connectivity index (χ4n) is 3.07. The summed E-state index contributed by atoms with van der Waals surface area (Å²) < 4.78 is 25.8. The molecule has 1 saturated heterocycles. The lowest BCUT2D eigenvalue weighted by Gasteiger charge is -2.20. The summed E-state index contributed by atoms with van der Waals surface area (Å²) in [5.74, 6) is 0.214. The molecule has 22 heavy (non-hydrogen) atoms. The van der Waals surface area contributed by atoms with Crippen molar-refractivity contribution >= 4 is 37.1 Å². The minimum absolute atomic E-state index is 0.214. The van der Waals surface area contributed by atoms with E-state index in [-0.39, 0.29) is 5.75 Å². The van der Waals surface area contributed by atoms with E-state index in [0.717, 1.165) is 17.4 Å². The van der Waals surface area contributed by atoms with E-state index in [0.29, 0.717) is 17.5 Å². The van der Waals surface area contributed by atoms with Crippen LogP contribution in [0.5, 0.6) is 0 Å². The quantitative estimate of drug-likeness (QED) is 0.837. The molecule has 2 atom stereocenters. The summed E-state index contributed by atoms with van der Waals surface area (Å²) in [6, 6.07) is 11.6. The summed E-state index contributed by atoms with van der Waals surface area (Å²) in [7, 11) is -3.20. The van der Waals surface area contributed by atoms with E-state index in [1.165, 1.54) is 16.2 Å². The van der Waals surface area contributed by atoms with Gasteiger partial charge in [-0.15, -0.1) is 11.3 Å². The van der Waals surface area contributed by atoms with Crippen LogP contribution in [0.4, 0.5) is 0 Å². The van der Waals surface area contributed by atoms with E-state index in [1.54, 1.807) is 35.6 Å². The molecule has 0 radical (unpaired) electrons. The van der Waals surface area contributed by atoms with Crippen LogP contribution >= 0.6 is 27.3 Å². The highest BCUT2D eigenvalue weighted by Gasteiger charge is 2.31. The van der Waals surface area contributed by atoms with Crippen molar-refractivity contribution in [2.45, 2.75) is 23.8 Å². The topological polar surface area (TPSA) is 38.6 Å². The van der Waals surface area contributed by atoms with Crippen molar-refractivity contribution < 1.29 is 13.3 Å². The van der Waals surface area contributed by atoms with Gasteiger partial charge < -0.3 is 4.90 Å². The van der Waals surface area contributed by atoms with Gasteiger partial charge in [0.2, 0.25) is 0 Å². The predicted molar refractivity (Wildman–Crippen MR) is 93.2 cm³/mol. The molecule has 118 valence electrons. The van der Waals surface area contributed by atoms with Gasteiger partial charge in [-0.1, -0.05) is 22.0 Å². The Labute approximate surface area is 144 Å². The molecule has 0 bridgehead atoms. The Morgan fingerprint density at radius 1 is 1.23 bits per heavy atom. The molecule has 1 aromatic carbocycles. The first-order valence-electron chi connectivity index (χ1n) is 7.42. The molecule has 1 N–H and O–H groups in total. The summed E-state index contributed by atoms with van der Waals surface area (Å²) in [5, 5.41) is 2.10. The third-order valence-corrected chi connectivity index (χ3v) is 7.48. The number of benzene rings is 1. The van der Waals surface area contributed by atoms with Gasteiger partial charge in [0.05, 0.1) is 22.9 Å². The molecular weight excluding hydrogens is 382 g/mol. The van der Waals surface area contributed by atoms with Crippen molar-refractivity contribution in [1.82, 2.24) is 0 Å². The highest BCUT2D eigenvalue weighted by Crippen LogP contribution is 2.23. The van der Waals surface area contributed by atoms with Crippen LogP contribution in [-0.4, -0.2) is 27.3 Å². The van der Waals surface area contributed by atoms with Crippen LogP contribution in [0.3, 0.4) is 0 Å². The lowest BCUT2D eigenvalue weighted by molar-refractivity contribution is -0.915. The average molecular weight is 401 g/mol. The molecule has 1 fully saturated rings. The van der Waals surface area contributed by atoms with Crippen LogP contribution in [0.1, 0.15) is 23.8 Å². The van der Waals surface area contributed by atoms with Crippen LogP contribution < -0.4 is 4.90 Å². The summed E-state index contributed by atoms with van der Waals surface area (Å²) in [4.78, 5) is 3.21. The summed E-state index contributed by atoms with van der Waals surface area (Å²) in [6.07, 6.45) is 2.34. The maximum Gasteiger partial charge on any atom is 0.183 e. The molecule has 1 aromatic heterocycles. The van der Waals surface area contributed by atoms with Crippen LogP contribution in [0.2, 0.25) is 0 Å². The molecule has 2 aromatic rings. The van der Waals surface area contributed by atoms with Crippen molar-refractivity contribution in [2.24, 2.45) is 0 Å². The van der Waals surface area contributed by atoms with Gasteiger partial charge in [0.1, 0.15) is 11.8 Å². The maximum absolute atomic E-state index is 12.5. The molecule has 3 nitrogen and oxygen atoms in total. The predicted octanol–water partition coefficient (Wildman–Crippen LogP) is 2.70. The summed E-state index contributed by atoms with van der Waals surface area (Å²) in [5.41, 5.74) is 0. The molecule has 6 heteroatoms. The molecule has 0 spiro atoms. The van der Waals surface area contributed by atoms with Gasteiger partial charge in [0, 0.05) is 17.3 Å². The molecule has 0 aliphatic carbocycles. The molecule has 2 heterocycles. The largest absolute Gasteiger partial charge is 0.327 e. The van der Waals surface area contributed by atoms with E-state index in [2.05, 4.69) is 33.4 Å². The van der Waals surface area contributed by atoms with E-state index in [1.807, 2.05) is 0 Å². The lowest BCUT2D eigenvalue weighted by Crippen LogP contribution is -3.10. The first-order chi connectivity index (χ1) is 10.6. The fourth-order valence-corrected chi connectivity index (χ4v) is 5.57. The third kappa shape index (κ3) is 3.62. The number of rotatable bonds is 5. The van der Waals surface area contributed by atoms with Crippen LogP contribution in [0.25, 0.3) is 0 Å². The Bertz CT molecular complexity index is 711.